The summed E-state index contributed by atoms with van der Waals surface area (Å²) >= 11 is 0. The van der Waals surface area contributed by atoms with Crippen LogP contribution in [0.15, 0.2) is 12.3 Å². The van der Waals surface area contributed by atoms with Crippen molar-refractivity contribution in [2.24, 2.45) is 11.3 Å². The first kappa shape index (κ1) is 10.7. The van der Waals surface area contributed by atoms with Gasteiger partial charge in [-0.3, -0.25) is 5.10 Å². The van der Waals surface area contributed by atoms with Crippen LogP contribution in [0.5, 0.6) is 0 Å². The van der Waals surface area contributed by atoms with E-state index < -0.39 is 0 Å². The van der Waals surface area contributed by atoms with E-state index >= 15 is 0 Å². The number of rotatable bonds is 3. The van der Waals surface area contributed by atoms with Crippen LogP contribution < -0.4 is 5.32 Å². The number of nitrogens with one attached hydrogen (secondary N) is 2. The molecule has 0 aromatic carbocycles. The average molecular weight is 207 g/mol. The Labute approximate surface area is 91.7 Å². The zero-order valence-electron chi connectivity index (χ0n) is 9.88. The maximum atomic E-state index is 3.95. The highest BCUT2D eigenvalue weighted by Crippen LogP contribution is 2.40. The third-order valence-electron chi connectivity index (χ3n) is 3.45. The zero-order chi connectivity index (χ0) is 10.9. The van der Waals surface area contributed by atoms with Crippen molar-refractivity contribution in [3.63, 3.8) is 0 Å². The molecule has 3 nitrogen and oxygen atoms in total. The number of H-pyrrole nitrogens is 1. The van der Waals surface area contributed by atoms with Gasteiger partial charge in [-0.15, -0.1) is 0 Å². The summed E-state index contributed by atoms with van der Waals surface area (Å²) in [6.45, 7) is 7.98. The van der Waals surface area contributed by atoms with Crippen LogP contribution >= 0.6 is 0 Å². The van der Waals surface area contributed by atoms with Gasteiger partial charge in [0.05, 0.1) is 0 Å². The predicted octanol–water partition coefficient (Wildman–Crippen LogP) is 2.32. The minimum atomic E-state index is 0.505. The molecule has 0 aliphatic heterocycles. The first-order valence-electron chi connectivity index (χ1n) is 5.78. The van der Waals surface area contributed by atoms with Gasteiger partial charge in [0.25, 0.3) is 0 Å². The van der Waals surface area contributed by atoms with Gasteiger partial charge in [0.1, 0.15) is 0 Å². The van der Waals surface area contributed by atoms with E-state index in [1.54, 1.807) is 6.20 Å². The van der Waals surface area contributed by atoms with Gasteiger partial charge < -0.3 is 5.32 Å². The summed E-state index contributed by atoms with van der Waals surface area (Å²) in [6.07, 6.45) is 4.41. The molecule has 1 saturated carbocycles. The zero-order valence-corrected chi connectivity index (χ0v) is 9.88. The number of nitrogens with zero attached hydrogens (tertiary/aromatic N) is 1. The van der Waals surface area contributed by atoms with Crippen LogP contribution in [0.4, 0.5) is 0 Å². The normalized spacial score (nSPS) is 29.5. The lowest BCUT2D eigenvalue weighted by Gasteiger charge is -2.18. The van der Waals surface area contributed by atoms with Gasteiger partial charge in [0, 0.05) is 24.5 Å². The predicted molar refractivity (Wildman–Crippen MR) is 61.4 cm³/mol. The molecule has 1 heterocycles. The van der Waals surface area contributed by atoms with E-state index in [0.717, 1.165) is 12.5 Å². The Kier molecular flexibility index (Phi) is 2.83. The molecule has 2 atom stereocenters. The third kappa shape index (κ3) is 2.59. The van der Waals surface area contributed by atoms with Crippen molar-refractivity contribution in [3.8, 4) is 0 Å². The summed E-state index contributed by atoms with van der Waals surface area (Å²) in [5.74, 6) is 0.780. The van der Waals surface area contributed by atoms with E-state index in [2.05, 4.69) is 36.3 Å². The molecule has 2 rings (SSSR count). The third-order valence-corrected chi connectivity index (χ3v) is 3.45. The number of hydrogen-bond donors (Lipinski definition) is 2. The second kappa shape index (κ2) is 3.97. The number of hydrogen-bond acceptors (Lipinski definition) is 2. The fourth-order valence-electron chi connectivity index (χ4n) is 2.79. The summed E-state index contributed by atoms with van der Waals surface area (Å²) in [7, 11) is 0. The Hall–Kier alpha value is -0.830. The van der Waals surface area contributed by atoms with Crippen LogP contribution in [0.1, 0.15) is 39.3 Å². The molecule has 1 aliphatic rings. The SMILES string of the molecule is C[C@@H]1CC(C)(C)C[C@H]1NCc1ccn[nH]1. The van der Waals surface area contributed by atoms with Crippen molar-refractivity contribution in [2.45, 2.75) is 46.2 Å². The van der Waals surface area contributed by atoms with Crippen molar-refractivity contribution in [1.29, 1.82) is 0 Å². The Morgan fingerprint density at radius 2 is 2.33 bits per heavy atom. The molecular weight excluding hydrogens is 186 g/mol. The monoisotopic (exact) mass is 207 g/mol. The van der Waals surface area contributed by atoms with Gasteiger partial charge in [-0.05, 0) is 30.2 Å². The second-order valence-corrected chi connectivity index (χ2v) is 5.62. The molecule has 2 N–H and O–H groups in total. The van der Waals surface area contributed by atoms with Gasteiger partial charge in [-0.2, -0.15) is 5.10 Å². The van der Waals surface area contributed by atoms with Crippen LogP contribution in [-0.4, -0.2) is 16.2 Å². The van der Waals surface area contributed by atoms with Crippen LogP contribution in [0, 0.1) is 11.3 Å². The topological polar surface area (TPSA) is 40.7 Å². The van der Waals surface area contributed by atoms with Crippen LogP contribution in [0.2, 0.25) is 0 Å². The summed E-state index contributed by atoms with van der Waals surface area (Å²) in [4.78, 5) is 0. The largest absolute Gasteiger partial charge is 0.308 e. The maximum Gasteiger partial charge on any atom is 0.0490 e. The Balaban J connectivity index is 1.85. The highest BCUT2D eigenvalue weighted by molar-refractivity contribution is 4.99. The number of aromatic nitrogens is 2. The molecule has 0 radical (unpaired) electrons. The van der Waals surface area contributed by atoms with E-state index in [1.165, 1.54) is 18.5 Å². The second-order valence-electron chi connectivity index (χ2n) is 5.62. The molecule has 3 heteroatoms. The van der Waals surface area contributed by atoms with Crippen molar-refractivity contribution >= 4 is 0 Å². The van der Waals surface area contributed by atoms with E-state index in [1.807, 2.05) is 6.07 Å². The van der Waals surface area contributed by atoms with Gasteiger partial charge in [-0.1, -0.05) is 20.8 Å². The molecule has 0 spiro atoms. The molecule has 1 aliphatic carbocycles. The van der Waals surface area contributed by atoms with E-state index in [4.69, 9.17) is 0 Å². The molecule has 84 valence electrons. The Bertz CT molecular complexity index is 303. The smallest absolute Gasteiger partial charge is 0.0490 e. The number of aromatic amines is 1. The summed E-state index contributed by atoms with van der Waals surface area (Å²) in [5, 5.41) is 10.6. The Morgan fingerprint density at radius 1 is 1.53 bits per heavy atom. The molecule has 0 bridgehead atoms. The van der Waals surface area contributed by atoms with Crippen molar-refractivity contribution < 1.29 is 0 Å². The lowest BCUT2D eigenvalue weighted by atomic mass is 9.91. The molecule has 0 saturated heterocycles. The minimum absolute atomic E-state index is 0.505. The average Bonchev–Trinajstić information content (AvgIpc) is 2.70. The highest BCUT2D eigenvalue weighted by atomic mass is 15.1. The molecule has 1 fully saturated rings. The van der Waals surface area contributed by atoms with Crippen molar-refractivity contribution in [3.05, 3.63) is 18.0 Å². The van der Waals surface area contributed by atoms with Crippen molar-refractivity contribution in [1.82, 2.24) is 15.5 Å². The van der Waals surface area contributed by atoms with E-state index in [-0.39, 0.29) is 0 Å². The fraction of sp³-hybridized carbons (Fsp3) is 0.750. The lowest BCUT2D eigenvalue weighted by Crippen LogP contribution is -2.31. The van der Waals surface area contributed by atoms with Gasteiger partial charge in [0.2, 0.25) is 0 Å². The van der Waals surface area contributed by atoms with Crippen molar-refractivity contribution in [2.75, 3.05) is 0 Å². The van der Waals surface area contributed by atoms with E-state index in [9.17, 15) is 0 Å². The fourth-order valence-corrected chi connectivity index (χ4v) is 2.79. The summed E-state index contributed by atoms with van der Waals surface area (Å²) < 4.78 is 0. The van der Waals surface area contributed by atoms with Gasteiger partial charge in [0.15, 0.2) is 0 Å². The van der Waals surface area contributed by atoms with Gasteiger partial charge >= 0.3 is 0 Å². The van der Waals surface area contributed by atoms with Crippen LogP contribution in [0.3, 0.4) is 0 Å². The quantitative estimate of drug-likeness (QED) is 0.798. The van der Waals surface area contributed by atoms with Crippen LogP contribution in [0.25, 0.3) is 0 Å². The molecule has 15 heavy (non-hydrogen) atoms. The first-order chi connectivity index (χ1) is 7.07. The minimum Gasteiger partial charge on any atom is -0.308 e. The Morgan fingerprint density at radius 3 is 2.87 bits per heavy atom. The molecule has 0 unspecified atom stereocenters. The highest BCUT2D eigenvalue weighted by Gasteiger charge is 2.36. The molecule has 0 amide bonds. The standard InChI is InChI=1S/C12H21N3/c1-9-6-12(2,3)7-11(9)13-8-10-4-5-14-15-10/h4-5,9,11,13H,6-8H2,1-3H3,(H,14,15)/t9-,11-/m1/s1. The molecular formula is C12H21N3. The molecule has 1 aromatic heterocycles. The van der Waals surface area contributed by atoms with Gasteiger partial charge in [-0.25, -0.2) is 0 Å². The maximum absolute atomic E-state index is 3.95. The summed E-state index contributed by atoms with van der Waals surface area (Å²) in [5.41, 5.74) is 1.68. The first-order valence-corrected chi connectivity index (χ1v) is 5.78. The summed E-state index contributed by atoms with van der Waals surface area (Å²) in [6, 6.07) is 2.68. The van der Waals surface area contributed by atoms with Crippen LogP contribution in [-0.2, 0) is 6.54 Å². The molecule has 1 aromatic rings. The lowest BCUT2D eigenvalue weighted by molar-refractivity contribution is 0.362. The van der Waals surface area contributed by atoms with E-state index in [0.29, 0.717) is 11.5 Å².